The fourth-order valence-electron chi connectivity index (χ4n) is 3.49. The molecule has 4 heteroatoms. The topological polar surface area (TPSA) is 41.3 Å². The third kappa shape index (κ3) is 1.97. The second kappa shape index (κ2) is 4.35. The number of hydrogen-bond acceptors (Lipinski definition) is 3. The van der Waals surface area contributed by atoms with Crippen LogP contribution in [0.5, 0.6) is 0 Å². The summed E-state index contributed by atoms with van der Waals surface area (Å²) in [5.74, 6) is 0.450. The zero-order valence-electron chi connectivity index (χ0n) is 11.4. The standard InChI is InChI=1S/C14H23N3O/c1-3-12-8-13(16(2)15-12)9-14(18)5-7-17-6-4-11(14)10-17/h8,11,18H,3-7,9-10H2,1-2H3. The van der Waals surface area contributed by atoms with Crippen LogP contribution >= 0.6 is 0 Å². The van der Waals surface area contributed by atoms with Gasteiger partial charge in [0.1, 0.15) is 0 Å². The molecule has 1 aromatic rings. The van der Waals surface area contributed by atoms with Crippen LogP contribution in [0.1, 0.15) is 31.2 Å². The first-order valence-electron chi connectivity index (χ1n) is 7.07. The van der Waals surface area contributed by atoms with Gasteiger partial charge in [0.25, 0.3) is 0 Å². The first-order chi connectivity index (χ1) is 8.60. The minimum atomic E-state index is -0.508. The Morgan fingerprint density at radius 1 is 1.50 bits per heavy atom. The monoisotopic (exact) mass is 249 g/mol. The molecule has 18 heavy (non-hydrogen) atoms. The van der Waals surface area contributed by atoms with E-state index in [0.29, 0.717) is 5.92 Å². The molecule has 1 aromatic heterocycles. The number of aromatic nitrogens is 2. The van der Waals surface area contributed by atoms with Crippen LogP contribution in [0, 0.1) is 5.92 Å². The summed E-state index contributed by atoms with van der Waals surface area (Å²) in [6.45, 7) is 5.41. The molecule has 2 aliphatic heterocycles. The molecule has 2 saturated heterocycles. The van der Waals surface area contributed by atoms with E-state index in [0.717, 1.165) is 44.5 Å². The first kappa shape index (κ1) is 12.2. The number of aryl methyl sites for hydroxylation is 2. The predicted octanol–water partition coefficient (Wildman–Crippen LogP) is 0.982. The molecule has 100 valence electrons. The lowest BCUT2D eigenvalue weighted by atomic mass is 9.79. The third-order valence-electron chi connectivity index (χ3n) is 4.77. The molecule has 0 radical (unpaired) electrons. The zero-order chi connectivity index (χ0) is 12.8. The third-order valence-corrected chi connectivity index (χ3v) is 4.77. The van der Waals surface area contributed by atoms with Crippen molar-refractivity contribution in [3.05, 3.63) is 17.5 Å². The van der Waals surface area contributed by atoms with Gasteiger partial charge < -0.3 is 10.0 Å². The largest absolute Gasteiger partial charge is 0.389 e. The van der Waals surface area contributed by atoms with Crippen molar-refractivity contribution in [1.82, 2.24) is 14.7 Å². The lowest BCUT2D eigenvalue weighted by Crippen LogP contribution is -2.48. The summed E-state index contributed by atoms with van der Waals surface area (Å²) in [7, 11) is 1.99. The molecule has 4 nitrogen and oxygen atoms in total. The zero-order valence-corrected chi connectivity index (χ0v) is 11.4. The molecule has 0 spiro atoms. The number of nitrogens with zero attached hydrogens (tertiary/aromatic N) is 3. The van der Waals surface area contributed by atoms with E-state index < -0.39 is 5.60 Å². The summed E-state index contributed by atoms with van der Waals surface area (Å²) in [5, 5.41) is 15.4. The Hall–Kier alpha value is -0.870. The molecule has 0 saturated carbocycles. The van der Waals surface area contributed by atoms with Gasteiger partial charge in [-0.15, -0.1) is 0 Å². The molecule has 2 bridgehead atoms. The van der Waals surface area contributed by atoms with E-state index in [1.165, 1.54) is 12.2 Å². The number of fused-ring (bicyclic) bond motifs is 2. The lowest BCUT2D eigenvalue weighted by Gasteiger charge is -2.38. The van der Waals surface area contributed by atoms with Crippen molar-refractivity contribution in [2.75, 3.05) is 19.6 Å². The maximum atomic E-state index is 10.9. The molecular formula is C14H23N3O. The smallest absolute Gasteiger partial charge is 0.0755 e. The van der Waals surface area contributed by atoms with E-state index in [1.807, 2.05) is 11.7 Å². The van der Waals surface area contributed by atoms with Crippen LogP contribution in [0.2, 0.25) is 0 Å². The van der Waals surface area contributed by atoms with Crippen LogP contribution in [0.3, 0.4) is 0 Å². The lowest BCUT2D eigenvalue weighted by molar-refractivity contribution is -0.0451. The van der Waals surface area contributed by atoms with Crippen molar-refractivity contribution in [3.63, 3.8) is 0 Å². The Bertz CT molecular complexity index is 442. The number of rotatable bonds is 3. The quantitative estimate of drug-likeness (QED) is 0.868. The van der Waals surface area contributed by atoms with E-state index in [1.54, 1.807) is 0 Å². The normalized spacial score (nSPS) is 35.1. The van der Waals surface area contributed by atoms with Crippen molar-refractivity contribution in [2.24, 2.45) is 13.0 Å². The summed E-state index contributed by atoms with van der Waals surface area (Å²) in [4.78, 5) is 2.47. The van der Waals surface area contributed by atoms with Crippen LogP contribution in [-0.4, -0.2) is 45.0 Å². The fraction of sp³-hybridized carbons (Fsp3) is 0.786. The van der Waals surface area contributed by atoms with E-state index in [2.05, 4.69) is 23.0 Å². The molecule has 2 aliphatic rings. The predicted molar refractivity (Wildman–Crippen MR) is 70.4 cm³/mol. The summed E-state index contributed by atoms with van der Waals surface area (Å²) >= 11 is 0. The van der Waals surface area contributed by atoms with E-state index in [4.69, 9.17) is 0 Å². The molecule has 0 amide bonds. The van der Waals surface area contributed by atoms with Gasteiger partial charge in [-0.05, 0) is 31.9 Å². The van der Waals surface area contributed by atoms with Gasteiger partial charge in [0.05, 0.1) is 11.3 Å². The van der Waals surface area contributed by atoms with E-state index in [-0.39, 0.29) is 0 Å². The van der Waals surface area contributed by atoms with Crippen LogP contribution in [-0.2, 0) is 19.9 Å². The Morgan fingerprint density at radius 2 is 2.33 bits per heavy atom. The summed E-state index contributed by atoms with van der Waals surface area (Å²) in [5.41, 5.74) is 1.79. The van der Waals surface area contributed by atoms with Crippen molar-refractivity contribution < 1.29 is 5.11 Å². The van der Waals surface area contributed by atoms with E-state index >= 15 is 0 Å². The maximum Gasteiger partial charge on any atom is 0.0755 e. The first-order valence-corrected chi connectivity index (χ1v) is 7.07. The molecule has 3 rings (SSSR count). The molecule has 1 N–H and O–H groups in total. The minimum absolute atomic E-state index is 0.450. The number of piperidine rings is 1. The van der Waals surface area contributed by atoms with Crippen LogP contribution in [0.4, 0.5) is 0 Å². The fourth-order valence-corrected chi connectivity index (χ4v) is 3.49. The van der Waals surface area contributed by atoms with E-state index in [9.17, 15) is 5.11 Å². The van der Waals surface area contributed by atoms with Gasteiger partial charge in [0.2, 0.25) is 0 Å². The summed E-state index contributed by atoms with van der Waals surface area (Å²) in [6, 6.07) is 2.15. The van der Waals surface area contributed by atoms with Gasteiger partial charge >= 0.3 is 0 Å². The van der Waals surface area contributed by atoms with Crippen molar-refractivity contribution in [3.8, 4) is 0 Å². The van der Waals surface area contributed by atoms with Crippen LogP contribution in [0.25, 0.3) is 0 Å². The highest BCUT2D eigenvalue weighted by molar-refractivity contribution is 5.14. The van der Waals surface area contributed by atoms with Crippen molar-refractivity contribution in [2.45, 2.75) is 38.2 Å². The van der Waals surface area contributed by atoms with Crippen molar-refractivity contribution in [1.29, 1.82) is 0 Å². The SMILES string of the molecule is CCc1cc(CC2(O)CCN3CCC2C3)n(C)n1. The summed E-state index contributed by atoms with van der Waals surface area (Å²) < 4.78 is 1.94. The van der Waals surface area contributed by atoms with Gasteiger partial charge in [0.15, 0.2) is 0 Å². The van der Waals surface area contributed by atoms with Crippen LogP contribution in [0.15, 0.2) is 6.07 Å². The highest BCUT2D eigenvalue weighted by Gasteiger charge is 2.45. The molecule has 3 atom stereocenters. The van der Waals surface area contributed by atoms with Gasteiger partial charge in [0, 0.05) is 38.2 Å². The molecule has 0 aliphatic carbocycles. The average molecular weight is 249 g/mol. The summed E-state index contributed by atoms with van der Waals surface area (Å²) in [6.07, 6.45) is 3.78. The van der Waals surface area contributed by atoms with Crippen LogP contribution < -0.4 is 0 Å². The molecule has 3 heterocycles. The van der Waals surface area contributed by atoms with Crippen molar-refractivity contribution >= 4 is 0 Å². The Morgan fingerprint density at radius 3 is 3.06 bits per heavy atom. The second-order valence-electron chi connectivity index (χ2n) is 5.92. The Balaban J connectivity index is 1.80. The van der Waals surface area contributed by atoms with Gasteiger partial charge in [-0.25, -0.2) is 0 Å². The number of hydrogen-bond donors (Lipinski definition) is 1. The minimum Gasteiger partial charge on any atom is -0.389 e. The highest BCUT2D eigenvalue weighted by atomic mass is 16.3. The average Bonchev–Trinajstić information content (AvgIpc) is 2.91. The Labute approximate surface area is 109 Å². The molecular weight excluding hydrogens is 226 g/mol. The Kier molecular flexibility index (Phi) is 2.94. The second-order valence-corrected chi connectivity index (χ2v) is 5.92. The number of aliphatic hydroxyl groups is 1. The molecule has 0 aromatic carbocycles. The molecule has 2 fully saturated rings. The highest BCUT2D eigenvalue weighted by Crippen LogP contribution is 2.37. The van der Waals surface area contributed by atoms with Gasteiger partial charge in [-0.3, -0.25) is 4.68 Å². The maximum absolute atomic E-state index is 10.9. The van der Waals surface area contributed by atoms with Gasteiger partial charge in [-0.2, -0.15) is 5.10 Å². The molecule has 3 unspecified atom stereocenters. The van der Waals surface area contributed by atoms with Gasteiger partial charge in [-0.1, -0.05) is 6.92 Å².